The first-order chi connectivity index (χ1) is 15.3. The molecule has 0 radical (unpaired) electrons. The van der Waals surface area contributed by atoms with Gasteiger partial charge in [0.2, 0.25) is 5.75 Å². The van der Waals surface area contributed by atoms with Crippen LogP contribution >= 0.6 is 27.5 Å². The van der Waals surface area contributed by atoms with Crippen molar-refractivity contribution in [2.24, 2.45) is 0 Å². The average molecular weight is 523 g/mol. The van der Waals surface area contributed by atoms with E-state index in [1.54, 1.807) is 31.2 Å². The molecule has 0 heterocycles. The summed E-state index contributed by atoms with van der Waals surface area (Å²) in [4.78, 5) is 20.9. The molecule has 9 nitrogen and oxygen atoms in total. The number of non-ortho nitro benzene ring substituents is 1. The van der Waals surface area contributed by atoms with Crippen LogP contribution in [0.4, 0.5) is 17.1 Å². The van der Waals surface area contributed by atoms with E-state index in [0.29, 0.717) is 23.9 Å². The number of hydrogen-bond acceptors (Lipinski definition) is 7. The minimum Gasteiger partial charge on any atom is -0.490 e. The molecule has 0 aliphatic rings. The molecule has 0 spiro atoms. The Morgan fingerprint density at radius 3 is 2.38 bits per heavy atom. The Balaban J connectivity index is 1.84. The molecular formula is C21H17BrClN3O6. The number of halogens is 2. The number of rotatable bonds is 9. The van der Waals surface area contributed by atoms with Crippen molar-refractivity contribution in [3.8, 4) is 17.2 Å². The normalized spacial score (nSPS) is 10.5. The average Bonchev–Trinajstić information content (AvgIpc) is 2.76. The molecule has 3 aromatic carbocycles. The predicted molar refractivity (Wildman–Crippen MR) is 124 cm³/mol. The maximum absolute atomic E-state index is 11.4. The Bertz CT molecular complexity index is 1170. The van der Waals surface area contributed by atoms with Gasteiger partial charge in [0, 0.05) is 22.8 Å². The Labute approximate surface area is 196 Å². The number of nitrogens with one attached hydrogen (secondary N) is 1. The second kappa shape index (κ2) is 10.3. The molecule has 0 fully saturated rings. The van der Waals surface area contributed by atoms with Gasteiger partial charge >= 0.3 is 5.69 Å². The van der Waals surface area contributed by atoms with E-state index >= 15 is 0 Å². The third-order valence-corrected chi connectivity index (χ3v) is 5.53. The molecule has 11 heteroatoms. The molecule has 0 saturated carbocycles. The first kappa shape index (κ1) is 23.3. The monoisotopic (exact) mass is 521 g/mol. The first-order valence-electron chi connectivity index (χ1n) is 9.33. The second-order valence-corrected chi connectivity index (χ2v) is 7.73. The van der Waals surface area contributed by atoms with Gasteiger partial charge in [-0.2, -0.15) is 0 Å². The van der Waals surface area contributed by atoms with Crippen molar-refractivity contribution in [2.75, 3.05) is 11.9 Å². The van der Waals surface area contributed by atoms with Gasteiger partial charge < -0.3 is 14.8 Å². The second-order valence-electron chi connectivity index (χ2n) is 6.46. The molecule has 0 bridgehead atoms. The van der Waals surface area contributed by atoms with Crippen molar-refractivity contribution in [1.29, 1.82) is 0 Å². The van der Waals surface area contributed by atoms with E-state index in [0.717, 1.165) is 27.9 Å². The Morgan fingerprint density at radius 1 is 0.969 bits per heavy atom. The molecule has 0 aliphatic heterocycles. The maximum atomic E-state index is 11.4. The summed E-state index contributed by atoms with van der Waals surface area (Å²) in [5, 5.41) is 26.1. The van der Waals surface area contributed by atoms with Crippen LogP contribution in [0.3, 0.4) is 0 Å². The first-order valence-corrected chi connectivity index (χ1v) is 10.5. The van der Waals surface area contributed by atoms with Crippen LogP contribution in [-0.4, -0.2) is 16.5 Å². The third-order valence-electron chi connectivity index (χ3n) is 4.29. The lowest BCUT2D eigenvalue weighted by Gasteiger charge is -2.14. The van der Waals surface area contributed by atoms with Gasteiger partial charge in [-0.3, -0.25) is 20.2 Å². The van der Waals surface area contributed by atoms with Crippen molar-refractivity contribution in [3.63, 3.8) is 0 Å². The summed E-state index contributed by atoms with van der Waals surface area (Å²) < 4.78 is 12.1. The highest BCUT2D eigenvalue weighted by Gasteiger charge is 2.22. The van der Waals surface area contributed by atoms with E-state index in [-0.39, 0.29) is 11.5 Å². The van der Waals surface area contributed by atoms with Crippen molar-refractivity contribution in [2.45, 2.75) is 13.5 Å². The van der Waals surface area contributed by atoms with Crippen molar-refractivity contribution in [3.05, 3.63) is 89.9 Å². The summed E-state index contributed by atoms with van der Waals surface area (Å²) in [5.74, 6) is 0.504. The fourth-order valence-electron chi connectivity index (χ4n) is 2.79. The SMILES string of the molecule is CCOc1cc(CNc2ccc(Br)c(Cl)c2)ccc1Oc1ccc([N+](=O)[O-])cc1[N+](=O)[O-]. The number of hydrogen-bond donors (Lipinski definition) is 1. The fraction of sp³-hybridized carbons (Fsp3) is 0.143. The summed E-state index contributed by atoms with van der Waals surface area (Å²) in [7, 11) is 0. The van der Waals surface area contributed by atoms with Crippen LogP contribution < -0.4 is 14.8 Å². The van der Waals surface area contributed by atoms with Crippen molar-refractivity contribution < 1.29 is 19.3 Å². The largest absolute Gasteiger partial charge is 0.490 e. The third kappa shape index (κ3) is 5.65. The lowest BCUT2D eigenvalue weighted by atomic mass is 10.2. The quantitative estimate of drug-likeness (QED) is 0.245. The van der Waals surface area contributed by atoms with Gasteiger partial charge in [0.25, 0.3) is 5.69 Å². The fourth-order valence-corrected chi connectivity index (χ4v) is 3.22. The summed E-state index contributed by atoms with van der Waals surface area (Å²) in [6.07, 6.45) is 0. The summed E-state index contributed by atoms with van der Waals surface area (Å²) in [6.45, 7) is 2.61. The summed E-state index contributed by atoms with van der Waals surface area (Å²) in [5.41, 5.74) is 0.791. The molecule has 1 N–H and O–H groups in total. The van der Waals surface area contributed by atoms with Gasteiger partial charge in [0.15, 0.2) is 11.5 Å². The topological polar surface area (TPSA) is 117 Å². The predicted octanol–water partition coefficient (Wildman–Crippen LogP) is 6.72. The number of ether oxygens (including phenoxy) is 2. The summed E-state index contributed by atoms with van der Waals surface area (Å²) >= 11 is 9.46. The highest BCUT2D eigenvalue weighted by Crippen LogP contribution is 2.38. The standard InChI is InChI=1S/C21H17BrClN3O6/c1-2-31-21-9-13(12-24-14-4-6-16(22)17(23)10-14)3-7-20(21)32-19-8-5-15(25(27)28)11-18(19)26(29)30/h3-11,24H,2,12H2,1H3. The summed E-state index contributed by atoms with van der Waals surface area (Å²) in [6, 6.07) is 13.9. The maximum Gasteiger partial charge on any atom is 0.318 e. The van der Waals surface area contributed by atoms with E-state index in [4.69, 9.17) is 21.1 Å². The van der Waals surface area contributed by atoms with Crippen LogP contribution in [0.2, 0.25) is 5.02 Å². The van der Waals surface area contributed by atoms with Crippen LogP contribution in [0.25, 0.3) is 0 Å². The molecule has 0 unspecified atom stereocenters. The zero-order chi connectivity index (χ0) is 23.3. The van der Waals surface area contributed by atoms with E-state index in [1.165, 1.54) is 6.07 Å². The molecule has 0 aromatic heterocycles. The van der Waals surface area contributed by atoms with Gasteiger partial charge in [-0.1, -0.05) is 17.7 Å². The highest BCUT2D eigenvalue weighted by molar-refractivity contribution is 9.10. The highest BCUT2D eigenvalue weighted by atomic mass is 79.9. The molecule has 3 rings (SSSR count). The number of benzene rings is 3. The van der Waals surface area contributed by atoms with E-state index in [1.807, 2.05) is 12.1 Å². The van der Waals surface area contributed by atoms with Crippen molar-refractivity contribution >= 4 is 44.6 Å². The van der Waals surface area contributed by atoms with E-state index < -0.39 is 21.2 Å². The minimum atomic E-state index is -0.732. The van der Waals surface area contributed by atoms with Crippen LogP contribution in [0.1, 0.15) is 12.5 Å². The minimum absolute atomic E-state index is 0.128. The zero-order valence-electron chi connectivity index (χ0n) is 16.7. The van der Waals surface area contributed by atoms with Crippen LogP contribution in [0.5, 0.6) is 17.2 Å². The molecule has 0 saturated heterocycles. The lowest BCUT2D eigenvalue weighted by Crippen LogP contribution is -2.02. The number of nitrogens with zero attached hydrogens (tertiary/aromatic N) is 2. The Kier molecular flexibility index (Phi) is 7.49. The molecule has 0 atom stereocenters. The van der Waals surface area contributed by atoms with Crippen LogP contribution in [-0.2, 0) is 6.54 Å². The van der Waals surface area contributed by atoms with Gasteiger partial charge in [-0.05, 0) is 64.8 Å². The molecule has 0 amide bonds. The van der Waals surface area contributed by atoms with Gasteiger partial charge in [-0.15, -0.1) is 0 Å². The van der Waals surface area contributed by atoms with E-state index in [2.05, 4.69) is 21.2 Å². The van der Waals surface area contributed by atoms with Gasteiger partial charge in [0.1, 0.15) is 0 Å². The smallest absolute Gasteiger partial charge is 0.318 e. The molecule has 3 aromatic rings. The zero-order valence-corrected chi connectivity index (χ0v) is 19.1. The van der Waals surface area contributed by atoms with Gasteiger partial charge in [-0.25, -0.2) is 0 Å². The molecular weight excluding hydrogens is 506 g/mol. The number of anilines is 1. The Morgan fingerprint density at radius 2 is 1.72 bits per heavy atom. The van der Waals surface area contributed by atoms with Gasteiger partial charge in [0.05, 0.1) is 27.5 Å². The molecule has 0 aliphatic carbocycles. The molecule has 166 valence electrons. The number of nitro groups is 2. The van der Waals surface area contributed by atoms with Crippen molar-refractivity contribution in [1.82, 2.24) is 0 Å². The van der Waals surface area contributed by atoms with Crippen LogP contribution in [0, 0.1) is 20.2 Å². The van der Waals surface area contributed by atoms with E-state index in [9.17, 15) is 20.2 Å². The Hall–Kier alpha value is -3.37. The number of nitro benzene ring substituents is 2. The molecule has 32 heavy (non-hydrogen) atoms. The van der Waals surface area contributed by atoms with Crippen LogP contribution in [0.15, 0.2) is 59.1 Å². The lowest BCUT2D eigenvalue weighted by molar-refractivity contribution is -0.394.